The fraction of sp³-hybridized carbons (Fsp3) is 0. The highest BCUT2D eigenvalue weighted by Gasteiger charge is 2.17. The van der Waals surface area contributed by atoms with Crippen LogP contribution in [-0.2, 0) is 10.0 Å². The molecule has 0 atom stereocenters. The number of halogens is 1. The quantitative estimate of drug-likeness (QED) is 0.445. The van der Waals surface area contributed by atoms with Crippen LogP contribution in [0.25, 0.3) is 11.1 Å². The fourth-order valence-corrected chi connectivity index (χ4v) is 3.68. The minimum atomic E-state index is -4.03. The molecule has 0 radical (unpaired) electrons. The Bertz CT molecular complexity index is 1110. The number of anilines is 1. The molecule has 3 aromatic rings. The van der Waals surface area contributed by atoms with E-state index in [2.05, 4.69) is 5.48 Å². The van der Waals surface area contributed by atoms with Crippen molar-refractivity contribution in [2.24, 2.45) is 5.14 Å². The summed E-state index contributed by atoms with van der Waals surface area (Å²) in [6.45, 7) is 0. The van der Waals surface area contributed by atoms with Crippen LogP contribution in [0.1, 0.15) is 15.9 Å². The summed E-state index contributed by atoms with van der Waals surface area (Å²) in [5, 5.41) is 14.1. The van der Waals surface area contributed by atoms with Crippen molar-refractivity contribution in [2.75, 3.05) is 5.48 Å². The molecule has 0 saturated heterocycles. The minimum absolute atomic E-state index is 0.0400. The Morgan fingerprint density at radius 1 is 0.926 bits per heavy atom. The summed E-state index contributed by atoms with van der Waals surface area (Å²) in [4.78, 5) is 12.4. The summed E-state index contributed by atoms with van der Waals surface area (Å²) in [7, 11) is -4.03. The van der Waals surface area contributed by atoms with Gasteiger partial charge in [-0.2, -0.15) is 0 Å². The van der Waals surface area contributed by atoms with E-state index in [1.807, 2.05) is 6.07 Å². The third kappa shape index (κ3) is 4.17. The van der Waals surface area contributed by atoms with E-state index in [1.165, 1.54) is 18.2 Å². The first-order valence-corrected chi connectivity index (χ1v) is 9.69. The van der Waals surface area contributed by atoms with E-state index in [0.29, 0.717) is 11.3 Å². The Hall–Kier alpha value is -2.71. The molecule has 3 aromatic carbocycles. The lowest BCUT2D eigenvalue weighted by atomic mass is 9.99. The molecule has 0 unspecified atom stereocenters. The van der Waals surface area contributed by atoms with Crippen molar-refractivity contribution < 1.29 is 18.4 Å². The molecule has 4 N–H and O–H groups in total. The van der Waals surface area contributed by atoms with Crippen LogP contribution in [0.15, 0.2) is 71.6 Å². The highest BCUT2D eigenvalue weighted by atomic mass is 35.5. The normalized spacial score (nSPS) is 11.2. The molecule has 8 heteroatoms. The van der Waals surface area contributed by atoms with Crippen molar-refractivity contribution in [1.29, 1.82) is 0 Å². The number of sulfonamides is 1. The second-order valence-corrected chi connectivity index (χ2v) is 7.73. The van der Waals surface area contributed by atoms with Crippen LogP contribution < -0.4 is 10.6 Å². The van der Waals surface area contributed by atoms with Crippen LogP contribution in [-0.4, -0.2) is 19.4 Å². The topological polar surface area (TPSA) is 109 Å². The molecule has 27 heavy (non-hydrogen) atoms. The Morgan fingerprint density at radius 3 is 2.22 bits per heavy atom. The first-order valence-electron chi connectivity index (χ1n) is 7.77. The summed E-state index contributed by atoms with van der Waals surface area (Å²) in [6.07, 6.45) is 0. The predicted octanol–water partition coefficient (Wildman–Crippen LogP) is 3.69. The van der Waals surface area contributed by atoms with Crippen molar-refractivity contribution in [1.82, 2.24) is 0 Å². The first kappa shape index (κ1) is 19.1. The maximum absolute atomic E-state index is 12.7. The van der Waals surface area contributed by atoms with Gasteiger partial charge in [0.2, 0.25) is 10.0 Å². The molecule has 0 amide bonds. The smallest absolute Gasteiger partial charge is 0.239 e. The van der Waals surface area contributed by atoms with Crippen molar-refractivity contribution in [3.8, 4) is 11.1 Å². The van der Waals surface area contributed by atoms with Gasteiger partial charge in [0.1, 0.15) is 4.90 Å². The zero-order valence-electron chi connectivity index (χ0n) is 13.9. The zero-order chi connectivity index (χ0) is 19.6. The molecule has 0 aliphatic carbocycles. The van der Waals surface area contributed by atoms with Gasteiger partial charge in [0.25, 0.3) is 0 Å². The molecule has 0 bridgehead atoms. The van der Waals surface area contributed by atoms with Gasteiger partial charge in [-0.1, -0.05) is 48.0 Å². The molecule has 0 fully saturated rings. The average Bonchev–Trinajstić information content (AvgIpc) is 2.67. The number of rotatable bonds is 5. The van der Waals surface area contributed by atoms with Gasteiger partial charge in [0.05, 0.1) is 10.7 Å². The summed E-state index contributed by atoms with van der Waals surface area (Å²) < 4.78 is 23.2. The third-order valence-corrected chi connectivity index (χ3v) is 5.36. The summed E-state index contributed by atoms with van der Waals surface area (Å²) >= 11 is 5.85. The number of nitrogens with two attached hydrogens (primary N) is 1. The SMILES string of the molecule is NS(=O)(=O)c1cc(C(=O)c2ccc(-c3cccc(NO)c3)cc2)ccc1Cl. The highest BCUT2D eigenvalue weighted by molar-refractivity contribution is 7.89. The van der Waals surface area contributed by atoms with E-state index >= 15 is 0 Å². The number of hydrogen-bond donors (Lipinski definition) is 3. The Morgan fingerprint density at radius 2 is 1.59 bits per heavy atom. The van der Waals surface area contributed by atoms with Gasteiger partial charge < -0.3 is 0 Å². The second kappa shape index (κ2) is 7.50. The van der Waals surface area contributed by atoms with E-state index in [4.69, 9.17) is 21.9 Å². The lowest BCUT2D eigenvalue weighted by Crippen LogP contribution is -2.14. The lowest BCUT2D eigenvalue weighted by molar-refractivity contribution is 0.103. The zero-order valence-corrected chi connectivity index (χ0v) is 15.5. The fourth-order valence-electron chi connectivity index (χ4n) is 2.61. The molecule has 0 saturated carbocycles. The Labute approximate surface area is 161 Å². The van der Waals surface area contributed by atoms with E-state index in [1.54, 1.807) is 42.5 Å². The van der Waals surface area contributed by atoms with Crippen LogP contribution in [0.3, 0.4) is 0 Å². The molecular formula is C19H15ClN2O4S. The molecular weight excluding hydrogens is 388 g/mol. The van der Waals surface area contributed by atoms with Gasteiger partial charge in [0.15, 0.2) is 5.78 Å². The maximum Gasteiger partial charge on any atom is 0.239 e. The van der Waals surface area contributed by atoms with Gasteiger partial charge >= 0.3 is 0 Å². The molecule has 0 aliphatic heterocycles. The summed E-state index contributed by atoms with van der Waals surface area (Å²) in [5.41, 5.74) is 4.90. The molecule has 0 spiro atoms. The number of carbonyl (C=O) groups is 1. The van der Waals surface area contributed by atoms with Crippen molar-refractivity contribution >= 4 is 33.1 Å². The average molecular weight is 403 g/mol. The highest BCUT2D eigenvalue weighted by Crippen LogP contribution is 2.25. The van der Waals surface area contributed by atoms with E-state index < -0.39 is 10.0 Å². The van der Waals surface area contributed by atoms with Crippen molar-refractivity contribution in [3.63, 3.8) is 0 Å². The number of nitrogens with one attached hydrogen (secondary N) is 1. The van der Waals surface area contributed by atoms with Crippen LogP contribution in [0, 0.1) is 0 Å². The van der Waals surface area contributed by atoms with Gasteiger partial charge in [0, 0.05) is 11.1 Å². The van der Waals surface area contributed by atoms with Crippen LogP contribution in [0.4, 0.5) is 5.69 Å². The van der Waals surface area contributed by atoms with Gasteiger partial charge in [-0.05, 0) is 41.5 Å². The number of carbonyl (C=O) groups excluding carboxylic acids is 1. The predicted molar refractivity (Wildman–Crippen MR) is 104 cm³/mol. The van der Waals surface area contributed by atoms with Gasteiger partial charge in [-0.15, -0.1) is 0 Å². The second-order valence-electron chi connectivity index (χ2n) is 5.79. The molecule has 0 aliphatic rings. The lowest BCUT2D eigenvalue weighted by Gasteiger charge is -2.08. The Balaban J connectivity index is 1.92. The monoisotopic (exact) mass is 402 g/mol. The summed E-state index contributed by atoms with van der Waals surface area (Å²) in [5.74, 6) is -0.353. The van der Waals surface area contributed by atoms with Crippen LogP contribution in [0.2, 0.25) is 5.02 Å². The number of hydrogen-bond acceptors (Lipinski definition) is 5. The van der Waals surface area contributed by atoms with Crippen molar-refractivity contribution in [3.05, 3.63) is 82.9 Å². The standard InChI is InChI=1S/C19H15ClN2O4S/c20-17-9-8-15(11-18(17)27(21,25)26)19(23)13-6-4-12(5-7-13)14-2-1-3-16(10-14)22-24/h1-11,22,24H,(H2,21,25,26). The largest absolute Gasteiger partial charge is 0.291 e. The van der Waals surface area contributed by atoms with Gasteiger partial charge in [-0.25, -0.2) is 13.6 Å². The van der Waals surface area contributed by atoms with Crippen molar-refractivity contribution in [2.45, 2.75) is 4.90 Å². The molecule has 0 aromatic heterocycles. The van der Waals surface area contributed by atoms with Crippen LogP contribution in [0.5, 0.6) is 0 Å². The number of primary sulfonamides is 1. The number of benzene rings is 3. The molecule has 3 rings (SSSR count). The van der Waals surface area contributed by atoms with E-state index in [0.717, 1.165) is 11.1 Å². The third-order valence-electron chi connectivity index (χ3n) is 3.97. The van der Waals surface area contributed by atoms with E-state index in [9.17, 15) is 13.2 Å². The molecule has 0 heterocycles. The summed E-state index contributed by atoms with van der Waals surface area (Å²) in [6, 6.07) is 17.9. The first-order chi connectivity index (χ1) is 12.8. The Kier molecular flexibility index (Phi) is 5.29. The molecule has 6 nitrogen and oxygen atoms in total. The van der Waals surface area contributed by atoms with Gasteiger partial charge in [-0.3, -0.25) is 15.5 Å². The number of ketones is 1. The molecule has 138 valence electrons. The minimum Gasteiger partial charge on any atom is -0.291 e. The maximum atomic E-state index is 12.7. The van der Waals surface area contributed by atoms with E-state index in [-0.39, 0.29) is 21.3 Å². The van der Waals surface area contributed by atoms with Crippen LogP contribution >= 0.6 is 11.6 Å².